The number of hydrogen-bond acceptors (Lipinski definition) is 4. The van der Waals surface area contributed by atoms with Crippen molar-refractivity contribution in [3.8, 4) is 0 Å². The summed E-state index contributed by atoms with van der Waals surface area (Å²) in [5.74, 6) is -0.673. The highest BCUT2D eigenvalue weighted by Crippen LogP contribution is 2.40. The Labute approximate surface area is 154 Å². The molecule has 25 heavy (non-hydrogen) atoms. The van der Waals surface area contributed by atoms with E-state index in [1.807, 2.05) is 31.2 Å². The molecule has 1 N–H and O–H groups in total. The Hall–Kier alpha value is -1.05. The lowest BCUT2D eigenvalue weighted by Gasteiger charge is -2.41. The molecule has 0 aromatic heterocycles. The first-order chi connectivity index (χ1) is 11.7. The second-order valence-electron chi connectivity index (χ2n) is 6.70. The van der Waals surface area contributed by atoms with Crippen molar-refractivity contribution in [2.75, 3.05) is 18.6 Å². The maximum absolute atomic E-state index is 12.3. The van der Waals surface area contributed by atoms with Gasteiger partial charge < -0.3 is 5.11 Å². The van der Waals surface area contributed by atoms with E-state index in [1.165, 1.54) is 4.31 Å². The predicted molar refractivity (Wildman–Crippen MR) is 102 cm³/mol. The number of hydrogen-bond donors (Lipinski definition) is 1. The summed E-state index contributed by atoms with van der Waals surface area (Å²) in [6, 6.07) is 7.54. The number of thioether (sulfide) groups is 1. The molecule has 1 saturated heterocycles. The Morgan fingerprint density at radius 1 is 1.32 bits per heavy atom. The van der Waals surface area contributed by atoms with Gasteiger partial charge in [-0.3, -0.25) is 4.79 Å². The topological polar surface area (TPSA) is 74.7 Å². The van der Waals surface area contributed by atoms with Crippen LogP contribution >= 0.6 is 11.8 Å². The second kappa shape index (κ2) is 8.56. The van der Waals surface area contributed by atoms with E-state index >= 15 is 0 Å². The van der Waals surface area contributed by atoms with Crippen molar-refractivity contribution in [3.63, 3.8) is 0 Å². The minimum atomic E-state index is -3.49. The zero-order valence-corrected chi connectivity index (χ0v) is 16.6. The van der Waals surface area contributed by atoms with Crippen molar-refractivity contribution in [1.82, 2.24) is 4.31 Å². The fraction of sp³-hybridized carbons (Fsp3) is 0.611. The van der Waals surface area contributed by atoms with Crippen molar-refractivity contribution in [2.45, 2.75) is 44.4 Å². The van der Waals surface area contributed by atoms with Gasteiger partial charge in [-0.05, 0) is 31.1 Å². The minimum Gasteiger partial charge on any atom is -0.481 e. The molecule has 140 valence electrons. The molecule has 1 fully saturated rings. The van der Waals surface area contributed by atoms with E-state index in [9.17, 15) is 18.3 Å². The third-order valence-corrected chi connectivity index (χ3v) is 7.39. The number of carboxylic acid groups (broad SMARTS) is 1. The van der Waals surface area contributed by atoms with Crippen LogP contribution in [-0.4, -0.2) is 47.6 Å². The minimum absolute atomic E-state index is 0.0382. The fourth-order valence-electron chi connectivity index (χ4n) is 3.20. The van der Waals surface area contributed by atoms with Crippen LogP contribution in [0.1, 0.15) is 43.4 Å². The molecule has 0 aliphatic carbocycles. The molecule has 2 rings (SSSR count). The number of carbonyl (C=O) groups is 1. The van der Waals surface area contributed by atoms with Crippen LogP contribution in [0.15, 0.2) is 24.3 Å². The van der Waals surface area contributed by atoms with Crippen LogP contribution in [0.5, 0.6) is 0 Å². The molecule has 1 aliphatic heterocycles. The van der Waals surface area contributed by atoms with Gasteiger partial charge in [0.1, 0.15) is 0 Å². The molecule has 5 nitrogen and oxygen atoms in total. The van der Waals surface area contributed by atoms with Gasteiger partial charge in [-0.2, -0.15) is 16.1 Å². The summed E-state index contributed by atoms with van der Waals surface area (Å²) in [7, 11) is -3.49. The Bertz CT molecular complexity index is 688. The van der Waals surface area contributed by atoms with Crippen molar-refractivity contribution >= 4 is 27.8 Å². The molecule has 0 unspecified atom stereocenters. The van der Waals surface area contributed by atoms with Crippen molar-refractivity contribution in [2.24, 2.45) is 5.92 Å². The second-order valence-corrected chi connectivity index (χ2v) is 9.98. The fourth-order valence-corrected chi connectivity index (χ4v) is 5.81. The van der Waals surface area contributed by atoms with Gasteiger partial charge in [-0.15, -0.1) is 0 Å². The lowest BCUT2D eigenvalue weighted by Crippen LogP contribution is -2.49. The summed E-state index contributed by atoms with van der Waals surface area (Å²) >= 11 is 1.67. The molecule has 1 heterocycles. The molecule has 3 atom stereocenters. The van der Waals surface area contributed by atoms with Gasteiger partial charge in [0, 0.05) is 11.8 Å². The number of benzene rings is 1. The summed E-state index contributed by atoms with van der Waals surface area (Å²) in [6.45, 7) is 4.13. The van der Waals surface area contributed by atoms with Crippen molar-refractivity contribution < 1.29 is 18.3 Å². The summed E-state index contributed by atoms with van der Waals surface area (Å²) in [6.07, 6.45) is 3.80. The first-order valence-electron chi connectivity index (χ1n) is 8.61. The zero-order chi connectivity index (χ0) is 18.6. The van der Waals surface area contributed by atoms with Crippen LogP contribution in [0.25, 0.3) is 0 Å². The lowest BCUT2D eigenvalue weighted by molar-refractivity contribution is -0.143. The van der Waals surface area contributed by atoms with Crippen LogP contribution in [0, 0.1) is 12.8 Å². The molecule has 1 aromatic carbocycles. The van der Waals surface area contributed by atoms with E-state index in [2.05, 4.69) is 6.92 Å². The van der Waals surface area contributed by atoms with E-state index in [0.717, 1.165) is 36.0 Å². The molecule has 1 aliphatic rings. The monoisotopic (exact) mass is 385 g/mol. The first kappa shape index (κ1) is 20.3. The van der Waals surface area contributed by atoms with Gasteiger partial charge in [0.15, 0.2) is 0 Å². The van der Waals surface area contributed by atoms with Gasteiger partial charge in [0.25, 0.3) is 0 Å². The number of unbranched alkanes of at least 4 members (excludes halogenated alkanes) is 1. The molecule has 1 aromatic rings. The zero-order valence-electron chi connectivity index (χ0n) is 15.0. The van der Waals surface area contributed by atoms with Crippen LogP contribution in [0.2, 0.25) is 0 Å². The molecular weight excluding hydrogens is 358 g/mol. The Morgan fingerprint density at radius 2 is 1.96 bits per heavy atom. The van der Waals surface area contributed by atoms with Crippen LogP contribution in [-0.2, 0) is 14.8 Å². The Kier molecular flexibility index (Phi) is 6.93. The van der Waals surface area contributed by atoms with Crippen molar-refractivity contribution in [3.05, 3.63) is 35.4 Å². The molecule has 0 bridgehead atoms. The molecule has 7 heteroatoms. The SMILES string of the molecule is CCCCS[C@@H]1C[C@@H](c2ccc(C)cc2)N(S(C)(=O)=O)C[C@H]1C(=O)O. The smallest absolute Gasteiger partial charge is 0.308 e. The third-order valence-electron chi connectivity index (χ3n) is 4.66. The van der Waals surface area contributed by atoms with E-state index in [1.54, 1.807) is 11.8 Å². The number of piperidine rings is 1. The maximum Gasteiger partial charge on any atom is 0.308 e. The molecule has 0 saturated carbocycles. The van der Waals surface area contributed by atoms with Crippen LogP contribution in [0.3, 0.4) is 0 Å². The summed E-state index contributed by atoms with van der Waals surface area (Å²) < 4.78 is 26.0. The summed E-state index contributed by atoms with van der Waals surface area (Å²) in [4.78, 5) is 11.7. The van der Waals surface area contributed by atoms with Crippen molar-refractivity contribution in [1.29, 1.82) is 0 Å². The average Bonchev–Trinajstić information content (AvgIpc) is 2.54. The number of aliphatic carboxylic acids is 1. The quantitative estimate of drug-likeness (QED) is 0.729. The van der Waals surface area contributed by atoms with E-state index in [0.29, 0.717) is 6.42 Å². The van der Waals surface area contributed by atoms with E-state index in [4.69, 9.17) is 0 Å². The predicted octanol–water partition coefficient (Wildman–Crippen LogP) is 3.30. The first-order valence-corrected chi connectivity index (χ1v) is 11.5. The molecular formula is C18H27NO4S2. The normalized spacial score (nSPS) is 25.0. The van der Waals surface area contributed by atoms with E-state index in [-0.39, 0.29) is 17.8 Å². The van der Waals surface area contributed by atoms with Gasteiger partial charge >= 0.3 is 5.97 Å². The van der Waals surface area contributed by atoms with E-state index < -0.39 is 21.9 Å². The number of sulfonamides is 1. The highest BCUT2D eigenvalue weighted by atomic mass is 32.2. The average molecular weight is 386 g/mol. The number of carboxylic acids is 1. The van der Waals surface area contributed by atoms with Crippen LogP contribution < -0.4 is 0 Å². The Balaban J connectivity index is 2.33. The number of nitrogens with zero attached hydrogens (tertiary/aromatic N) is 1. The molecule has 0 radical (unpaired) electrons. The Morgan fingerprint density at radius 3 is 2.48 bits per heavy atom. The van der Waals surface area contributed by atoms with Gasteiger partial charge in [0.05, 0.1) is 18.2 Å². The van der Waals surface area contributed by atoms with Gasteiger partial charge in [-0.25, -0.2) is 8.42 Å². The highest BCUT2D eigenvalue weighted by molar-refractivity contribution is 7.99. The number of rotatable bonds is 7. The summed E-state index contributed by atoms with van der Waals surface area (Å²) in [5, 5.41) is 9.53. The third kappa shape index (κ3) is 5.21. The lowest BCUT2D eigenvalue weighted by atomic mass is 9.90. The highest BCUT2D eigenvalue weighted by Gasteiger charge is 2.43. The van der Waals surface area contributed by atoms with Crippen LogP contribution in [0.4, 0.5) is 0 Å². The summed E-state index contributed by atoms with van der Waals surface area (Å²) in [5.41, 5.74) is 2.05. The number of aryl methyl sites for hydroxylation is 1. The maximum atomic E-state index is 12.3. The molecule has 0 amide bonds. The van der Waals surface area contributed by atoms with Gasteiger partial charge in [-0.1, -0.05) is 43.2 Å². The standard InChI is InChI=1S/C18H27NO4S2/c1-4-5-10-24-17-11-16(14-8-6-13(2)7-9-14)19(25(3,22)23)12-15(17)18(20)21/h6-9,15-17H,4-5,10-12H2,1-3H3,(H,20,21)/t15-,16+,17-/m1/s1. The largest absolute Gasteiger partial charge is 0.481 e. The van der Waals surface area contributed by atoms with Gasteiger partial charge in [0.2, 0.25) is 10.0 Å². The molecule has 0 spiro atoms.